The van der Waals surface area contributed by atoms with E-state index in [2.05, 4.69) is 5.32 Å². The van der Waals surface area contributed by atoms with E-state index in [1.807, 2.05) is 6.92 Å². The zero-order valence-electron chi connectivity index (χ0n) is 22.2. The topological polar surface area (TPSA) is 113 Å². The van der Waals surface area contributed by atoms with Crippen molar-refractivity contribution >= 4 is 21.6 Å². The number of nitrogens with one attached hydrogen (secondary N) is 1. The van der Waals surface area contributed by atoms with Crippen molar-refractivity contribution in [2.24, 2.45) is 0 Å². The summed E-state index contributed by atoms with van der Waals surface area (Å²) < 4.78 is 55.2. The highest BCUT2D eigenvalue weighted by Crippen LogP contribution is 2.39. The van der Waals surface area contributed by atoms with Crippen LogP contribution in [0.25, 0.3) is 0 Å². The number of aryl methyl sites for hydroxylation is 1. The SMILES string of the molecule is COc1ccc(S(=O)(=O)N(CC(=O)NCc2ccc(OC)c(OC)c2OC)c2ccc(C)cc2)cc1OC. The Hall–Kier alpha value is -4.12. The van der Waals surface area contributed by atoms with Crippen LogP contribution in [0.3, 0.4) is 0 Å². The lowest BCUT2D eigenvalue weighted by Gasteiger charge is -2.25. The number of nitrogens with zero attached hydrogens (tertiary/aromatic N) is 1. The third-order valence-electron chi connectivity index (χ3n) is 5.81. The van der Waals surface area contributed by atoms with Crippen LogP contribution in [0.15, 0.2) is 59.5 Å². The molecule has 0 fully saturated rings. The summed E-state index contributed by atoms with van der Waals surface area (Å²) in [6.07, 6.45) is 0. The van der Waals surface area contributed by atoms with Gasteiger partial charge in [-0.15, -0.1) is 0 Å². The predicted octanol–water partition coefficient (Wildman–Crippen LogP) is 3.55. The fourth-order valence-corrected chi connectivity index (χ4v) is 5.25. The number of ether oxygens (including phenoxy) is 5. The molecule has 3 aromatic rings. The molecule has 204 valence electrons. The summed E-state index contributed by atoms with van der Waals surface area (Å²) in [5, 5.41) is 2.77. The highest BCUT2D eigenvalue weighted by molar-refractivity contribution is 7.92. The molecule has 0 aromatic heterocycles. The summed E-state index contributed by atoms with van der Waals surface area (Å²) in [7, 11) is 3.20. The molecular weight excluding hydrogens is 512 g/mol. The Bertz CT molecular complexity index is 1370. The minimum Gasteiger partial charge on any atom is -0.493 e. The minimum atomic E-state index is -4.16. The number of hydrogen-bond acceptors (Lipinski definition) is 8. The minimum absolute atomic E-state index is 0.0508. The number of amides is 1. The van der Waals surface area contributed by atoms with Crippen LogP contribution in [-0.4, -0.2) is 56.4 Å². The Balaban J connectivity index is 1.91. The zero-order chi connectivity index (χ0) is 27.9. The van der Waals surface area contributed by atoms with E-state index >= 15 is 0 Å². The molecule has 0 aliphatic heterocycles. The van der Waals surface area contributed by atoms with Crippen molar-refractivity contribution in [3.63, 3.8) is 0 Å². The molecule has 0 heterocycles. The first-order valence-corrected chi connectivity index (χ1v) is 13.0. The summed E-state index contributed by atoms with van der Waals surface area (Å²) in [5.74, 6) is 1.38. The van der Waals surface area contributed by atoms with Crippen molar-refractivity contribution in [1.29, 1.82) is 0 Å². The zero-order valence-corrected chi connectivity index (χ0v) is 23.0. The molecule has 0 radical (unpaired) electrons. The van der Waals surface area contributed by atoms with E-state index in [9.17, 15) is 13.2 Å². The number of hydrogen-bond donors (Lipinski definition) is 1. The van der Waals surface area contributed by atoms with Crippen molar-refractivity contribution in [3.8, 4) is 28.7 Å². The van der Waals surface area contributed by atoms with Crippen LogP contribution in [0, 0.1) is 6.92 Å². The summed E-state index contributed by atoms with van der Waals surface area (Å²) >= 11 is 0. The summed E-state index contributed by atoms with van der Waals surface area (Å²) in [5.41, 5.74) is 1.91. The highest BCUT2D eigenvalue weighted by atomic mass is 32.2. The fourth-order valence-electron chi connectivity index (χ4n) is 3.81. The monoisotopic (exact) mass is 544 g/mol. The number of carbonyl (C=O) groups is 1. The van der Waals surface area contributed by atoms with Gasteiger partial charge in [0, 0.05) is 18.2 Å². The van der Waals surface area contributed by atoms with Crippen LogP contribution in [0.2, 0.25) is 0 Å². The van der Waals surface area contributed by atoms with Crippen LogP contribution in [0.4, 0.5) is 5.69 Å². The largest absolute Gasteiger partial charge is 0.493 e. The Morgan fingerprint density at radius 3 is 1.95 bits per heavy atom. The third-order valence-corrected chi connectivity index (χ3v) is 7.58. The maximum absolute atomic E-state index is 13.7. The molecule has 3 rings (SSSR count). The molecule has 0 aliphatic rings. The smallest absolute Gasteiger partial charge is 0.264 e. The average Bonchev–Trinajstić information content (AvgIpc) is 2.94. The number of sulfonamides is 1. The molecule has 38 heavy (non-hydrogen) atoms. The summed E-state index contributed by atoms with van der Waals surface area (Å²) in [6, 6.07) is 14.6. The molecule has 0 atom stereocenters. The van der Waals surface area contributed by atoms with Crippen molar-refractivity contribution in [2.75, 3.05) is 46.4 Å². The second kappa shape index (κ2) is 12.4. The predicted molar refractivity (Wildman–Crippen MR) is 143 cm³/mol. The van der Waals surface area contributed by atoms with Crippen LogP contribution in [-0.2, 0) is 21.4 Å². The van der Waals surface area contributed by atoms with Gasteiger partial charge in [-0.3, -0.25) is 9.10 Å². The maximum atomic E-state index is 13.7. The first-order chi connectivity index (χ1) is 18.2. The first-order valence-electron chi connectivity index (χ1n) is 11.6. The lowest BCUT2D eigenvalue weighted by atomic mass is 10.1. The van der Waals surface area contributed by atoms with Gasteiger partial charge in [0.25, 0.3) is 10.0 Å². The Morgan fingerprint density at radius 2 is 1.37 bits per heavy atom. The molecule has 0 bridgehead atoms. The number of anilines is 1. The molecule has 0 saturated carbocycles. The van der Waals surface area contributed by atoms with Gasteiger partial charge in [0.2, 0.25) is 11.7 Å². The van der Waals surface area contributed by atoms with Gasteiger partial charge in [0.1, 0.15) is 6.54 Å². The molecule has 0 aliphatic carbocycles. The van der Waals surface area contributed by atoms with E-state index in [4.69, 9.17) is 23.7 Å². The Labute approximate surface area is 223 Å². The average molecular weight is 545 g/mol. The number of carbonyl (C=O) groups excluding carboxylic acids is 1. The normalized spacial score (nSPS) is 10.9. The van der Waals surface area contributed by atoms with Crippen molar-refractivity contribution < 1.29 is 36.9 Å². The molecular formula is C27H32N2O8S. The lowest BCUT2D eigenvalue weighted by molar-refractivity contribution is -0.119. The van der Waals surface area contributed by atoms with E-state index in [1.165, 1.54) is 53.7 Å². The van der Waals surface area contributed by atoms with E-state index in [1.54, 1.807) is 36.4 Å². The molecule has 3 aromatic carbocycles. The van der Waals surface area contributed by atoms with Gasteiger partial charge < -0.3 is 29.0 Å². The molecule has 11 heteroatoms. The summed E-state index contributed by atoms with van der Waals surface area (Å²) in [6.45, 7) is 1.50. The standard InChI is InChI=1S/C27H32N2O8S/c1-18-7-10-20(11-8-18)29(38(31,32)21-12-14-22(33-2)24(15-21)35-4)17-25(30)28-16-19-9-13-23(34-3)27(37-6)26(19)36-5/h7-15H,16-17H2,1-6H3,(H,28,30). The lowest BCUT2D eigenvalue weighted by Crippen LogP contribution is -2.40. The summed E-state index contributed by atoms with van der Waals surface area (Å²) in [4.78, 5) is 13.0. The van der Waals surface area contributed by atoms with Gasteiger partial charge >= 0.3 is 0 Å². The van der Waals surface area contributed by atoms with E-state index in [0.29, 0.717) is 34.2 Å². The van der Waals surface area contributed by atoms with Crippen LogP contribution in [0.5, 0.6) is 28.7 Å². The van der Waals surface area contributed by atoms with Gasteiger partial charge in [-0.05, 0) is 43.3 Å². The van der Waals surface area contributed by atoms with E-state index in [-0.39, 0.29) is 17.2 Å². The van der Waals surface area contributed by atoms with Crippen LogP contribution >= 0.6 is 0 Å². The molecule has 1 amide bonds. The first kappa shape index (κ1) is 28.5. The Kier molecular flexibility index (Phi) is 9.30. The van der Waals surface area contributed by atoms with Gasteiger partial charge in [-0.25, -0.2) is 8.42 Å². The second-order valence-corrected chi connectivity index (χ2v) is 10.00. The molecule has 0 spiro atoms. The number of benzene rings is 3. The third kappa shape index (κ3) is 6.05. The van der Waals surface area contributed by atoms with Gasteiger partial charge in [0.05, 0.1) is 46.1 Å². The van der Waals surface area contributed by atoms with Crippen molar-refractivity contribution in [1.82, 2.24) is 5.32 Å². The molecule has 0 saturated heterocycles. The second-order valence-electron chi connectivity index (χ2n) is 8.13. The van der Waals surface area contributed by atoms with E-state index < -0.39 is 22.5 Å². The maximum Gasteiger partial charge on any atom is 0.264 e. The van der Waals surface area contributed by atoms with Gasteiger partial charge in [-0.1, -0.05) is 17.7 Å². The fraction of sp³-hybridized carbons (Fsp3) is 0.296. The quantitative estimate of drug-likeness (QED) is 0.368. The Morgan fingerprint density at radius 1 is 0.763 bits per heavy atom. The van der Waals surface area contributed by atoms with Crippen LogP contribution < -0.4 is 33.3 Å². The van der Waals surface area contributed by atoms with Gasteiger partial charge in [0.15, 0.2) is 23.0 Å². The molecule has 1 N–H and O–H groups in total. The molecule has 0 unspecified atom stereocenters. The molecule has 10 nitrogen and oxygen atoms in total. The van der Waals surface area contributed by atoms with Crippen LogP contribution in [0.1, 0.15) is 11.1 Å². The van der Waals surface area contributed by atoms with E-state index in [0.717, 1.165) is 9.87 Å². The number of methoxy groups -OCH3 is 5. The van der Waals surface area contributed by atoms with Gasteiger partial charge in [-0.2, -0.15) is 0 Å². The highest BCUT2D eigenvalue weighted by Gasteiger charge is 2.28. The van der Waals surface area contributed by atoms with Crippen molar-refractivity contribution in [3.05, 3.63) is 65.7 Å². The van der Waals surface area contributed by atoms with Crippen molar-refractivity contribution in [2.45, 2.75) is 18.4 Å². The number of rotatable bonds is 12.